The number of nitrogens with zero attached hydrogens (tertiary/aromatic N) is 4. The van der Waals surface area contributed by atoms with Crippen LogP contribution in [-0.2, 0) is 45.1 Å². The Balaban J connectivity index is 1.50. The van der Waals surface area contributed by atoms with E-state index in [-0.39, 0.29) is 36.0 Å². The summed E-state index contributed by atoms with van der Waals surface area (Å²) in [6, 6.07) is 5.80. The van der Waals surface area contributed by atoms with Crippen molar-refractivity contribution in [1.29, 1.82) is 0 Å². The second kappa shape index (κ2) is 10.8. The monoisotopic (exact) mass is 561 g/mol. The first-order valence-electron chi connectivity index (χ1n) is 14.2. The number of amides is 2. The summed E-state index contributed by atoms with van der Waals surface area (Å²) in [4.78, 5) is 52.5. The van der Waals surface area contributed by atoms with Crippen molar-refractivity contribution >= 4 is 17.8 Å². The van der Waals surface area contributed by atoms with E-state index in [1.807, 2.05) is 30.5 Å². The fourth-order valence-electron chi connectivity index (χ4n) is 6.52. The van der Waals surface area contributed by atoms with E-state index in [2.05, 4.69) is 22.4 Å². The molecule has 41 heavy (non-hydrogen) atoms. The Bertz CT molecular complexity index is 1470. The molecule has 2 aliphatic heterocycles. The summed E-state index contributed by atoms with van der Waals surface area (Å²) in [7, 11) is 1.30. The highest BCUT2D eigenvalue weighted by molar-refractivity contribution is 5.98. The first-order chi connectivity index (χ1) is 19.8. The van der Waals surface area contributed by atoms with Gasteiger partial charge in [-0.1, -0.05) is 44.5 Å². The maximum absolute atomic E-state index is 14.7. The molecule has 1 aliphatic carbocycles. The fraction of sp³-hybridized carbons (Fsp3) is 0.500. The van der Waals surface area contributed by atoms with Gasteiger partial charge >= 0.3 is 5.97 Å². The number of aromatic nitrogens is 3. The molecule has 11 nitrogen and oxygen atoms in total. The summed E-state index contributed by atoms with van der Waals surface area (Å²) in [5, 5.41) is 3.10. The lowest BCUT2D eigenvalue weighted by Gasteiger charge is -2.46. The number of hydrogen-bond donors (Lipinski definition) is 1. The van der Waals surface area contributed by atoms with Crippen molar-refractivity contribution in [2.75, 3.05) is 13.7 Å². The van der Waals surface area contributed by atoms with Crippen LogP contribution >= 0.6 is 0 Å². The van der Waals surface area contributed by atoms with Gasteiger partial charge in [-0.05, 0) is 35.8 Å². The van der Waals surface area contributed by atoms with Crippen LogP contribution < -0.4 is 5.32 Å². The van der Waals surface area contributed by atoms with Crippen LogP contribution in [0.1, 0.15) is 71.0 Å². The molecule has 11 heteroatoms. The predicted octanol–water partition coefficient (Wildman–Crippen LogP) is 2.74. The van der Waals surface area contributed by atoms with Crippen LogP contribution in [0.4, 0.5) is 0 Å². The summed E-state index contributed by atoms with van der Waals surface area (Å²) < 4.78 is 18.2. The molecule has 2 aromatic heterocycles. The molecule has 0 bridgehead atoms. The number of oxazole rings is 1. The molecular formula is C30H35N5O6. The molecule has 1 fully saturated rings. The molecular weight excluding hydrogens is 526 g/mol. The number of rotatable bonds is 7. The number of carbonyl (C=O) groups excluding carboxylic acids is 3. The molecule has 4 atom stereocenters. The Labute approximate surface area is 238 Å². The van der Waals surface area contributed by atoms with Crippen molar-refractivity contribution < 1.29 is 28.3 Å². The Morgan fingerprint density at radius 1 is 1.20 bits per heavy atom. The fourth-order valence-corrected chi connectivity index (χ4v) is 6.52. The second-order valence-electron chi connectivity index (χ2n) is 11.2. The van der Waals surface area contributed by atoms with Crippen molar-refractivity contribution in [3.63, 3.8) is 0 Å². The van der Waals surface area contributed by atoms with Crippen molar-refractivity contribution in [2.24, 2.45) is 11.8 Å². The molecule has 1 saturated heterocycles. The topological polar surface area (TPSA) is 129 Å². The van der Waals surface area contributed by atoms with Crippen LogP contribution in [-0.4, -0.2) is 63.0 Å². The number of nitrogens with one attached hydrogen (secondary N) is 1. The van der Waals surface area contributed by atoms with E-state index in [0.29, 0.717) is 55.5 Å². The molecule has 1 unspecified atom stereocenters. The highest BCUT2D eigenvalue weighted by Gasteiger charge is 2.51. The molecule has 0 radical (unpaired) electrons. The number of piperazine rings is 1. The summed E-state index contributed by atoms with van der Waals surface area (Å²) in [6.45, 7) is 6.70. The van der Waals surface area contributed by atoms with Gasteiger partial charge in [-0.25, -0.2) is 14.8 Å². The van der Waals surface area contributed by atoms with E-state index in [1.165, 1.54) is 24.5 Å². The van der Waals surface area contributed by atoms with Crippen LogP contribution in [0.15, 0.2) is 34.9 Å². The van der Waals surface area contributed by atoms with Crippen LogP contribution in [0.2, 0.25) is 0 Å². The zero-order chi connectivity index (χ0) is 28.8. The van der Waals surface area contributed by atoms with Gasteiger partial charge in [0, 0.05) is 13.5 Å². The van der Waals surface area contributed by atoms with E-state index in [0.717, 1.165) is 0 Å². The van der Waals surface area contributed by atoms with Crippen molar-refractivity contribution in [3.8, 4) is 0 Å². The van der Waals surface area contributed by atoms with Crippen LogP contribution in [0.25, 0.3) is 0 Å². The maximum atomic E-state index is 14.7. The summed E-state index contributed by atoms with van der Waals surface area (Å²) >= 11 is 0. The van der Waals surface area contributed by atoms with Gasteiger partial charge in [0.2, 0.25) is 11.8 Å². The number of ether oxygens (including phenoxy) is 2. The third-order valence-electron chi connectivity index (χ3n) is 8.74. The van der Waals surface area contributed by atoms with Gasteiger partial charge in [-0.2, -0.15) is 0 Å². The highest BCUT2D eigenvalue weighted by Crippen LogP contribution is 2.39. The van der Waals surface area contributed by atoms with Gasteiger partial charge in [0.25, 0.3) is 0 Å². The standard InChI is InChI=1S/C30H35N5O6/c1-5-16(2)25-28(36)33-23(20-12-18-8-6-7-9-19(18)13-20)29(37)35(25)26(21-14-41-17(3)31-21)27-32-24(30(38)39-4)22-15-40-11-10-34(22)27/h6-9,14,16,20,23,25-26H,5,10-13,15H2,1-4H3,(H,33,36)/t16-,23+,25+,26?/m0/s1. The number of benzene rings is 1. The van der Waals surface area contributed by atoms with Gasteiger partial charge in [-0.15, -0.1) is 0 Å². The second-order valence-corrected chi connectivity index (χ2v) is 11.2. The molecule has 3 aliphatic rings. The number of aryl methyl sites for hydroxylation is 1. The minimum atomic E-state index is -0.869. The number of hydrogen-bond acceptors (Lipinski definition) is 8. The zero-order valence-corrected chi connectivity index (χ0v) is 23.8. The van der Waals surface area contributed by atoms with Gasteiger partial charge in [0.05, 0.1) is 26.0 Å². The average Bonchev–Trinajstić information content (AvgIpc) is 3.71. The Hall–Kier alpha value is -3.99. The molecule has 6 rings (SSSR count). The first kappa shape index (κ1) is 27.2. The minimum Gasteiger partial charge on any atom is -0.464 e. The number of imidazole rings is 1. The lowest BCUT2D eigenvalue weighted by molar-refractivity contribution is -0.155. The quantitative estimate of drug-likeness (QED) is 0.436. The summed E-state index contributed by atoms with van der Waals surface area (Å²) in [5.41, 5.74) is 3.54. The van der Waals surface area contributed by atoms with Crippen LogP contribution in [0.5, 0.6) is 0 Å². The predicted molar refractivity (Wildman–Crippen MR) is 146 cm³/mol. The molecule has 216 valence electrons. The van der Waals surface area contributed by atoms with E-state index in [4.69, 9.17) is 18.9 Å². The van der Waals surface area contributed by atoms with E-state index in [9.17, 15) is 14.4 Å². The SMILES string of the molecule is CC[C@H](C)[C@@H]1C(=O)N[C@H](C2Cc3ccccc3C2)C(=O)N1C(c1coc(C)n1)c1nc(C(=O)OC)c2n1CCOC2. The average molecular weight is 562 g/mol. The Morgan fingerprint density at radius 3 is 2.56 bits per heavy atom. The van der Waals surface area contributed by atoms with Crippen molar-refractivity contribution in [1.82, 2.24) is 24.8 Å². The largest absolute Gasteiger partial charge is 0.464 e. The highest BCUT2D eigenvalue weighted by atomic mass is 16.5. The molecule has 4 heterocycles. The smallest absolute Gasteiger partial charge is 0.358 e. The lowest BCUT2D eigenvalue weighted by Crippen LogP contribution is -2.67. The lowest BCUT2D eigenvalue weighted by atomic mass is 9.86. The molecule has 2 amide bonds. The number of fused-ring (bicyclic) bond motifs is 2. The normalized spacial score (nSPS) is 22.2. The first-order valence-corrected chi connectivity index (χ1v) is 14.2. The minimum absolute atomic E-state index is 0.0860. The van der Waals surface area contributed by atoms with Gasteiger partial charge in [0.15, 0.2) is 11.6 Å². The van der Waals surface area contributed by atoms with Crippen LogP contribution in [0, 0.1) is 18.8 Å². The number of methoxy groups -OCH3 is 1. The van der Waals surface area contributed by atoms with E-state index < -0.39 is 24.1 Å². The number of carbonyl (C=O) groups is 3. The Morgan fingerprint density at radius 2 is 1.93 bits per heavy atom. The van der Waals surface area contributed by atoms with Crippen LogP contribution in [0.3, 0.4) is 0 Å². The van der Waals surface area contributed by atoms with Gasteiger partial charge in [-0.3, -0.25) is 9.59 Å². The number of esters is 1. The van der Waals surface area contributed by atoms with Gasteiger partial charge < -0.3 is 28.7 Å². The van der Waals surface area contributed by atoms with Gasteiger partial charge in [0.1, 0.15) is 35.9 Å². The van der Waals surface area contributed by atoms with E-state index >= 15 is 0 Å². The third-order valence-corrected chi connectivity index (χ3v) is 8.74. The molecule has 1 N–H and O–H groups in total. The molecule has 3 aromatic rings. The molecule has 1 aromatic carbocycles. The zero-order valence-electron chi connectivity index (χ0n) is 23.8. The van der Waals surface area contributed by atoms with E-state index in [1.54, 1.807) is 11.8 Å². The Kier molecular flexibility index (Phi) is 7.14. The molecule has 0 saturated carbocycles. The maximum Gasteiger partial charge on any atom is 0.358 e. The summed E-state index contributed by atoms with van der Waals surface area (Å²) in [5.74, 6) is -0.379. The third kappa shape index (κ3) is 4.61. The summed E-state index contributed by atoms with van der Waals surface area (Å²) in [6.07, 6.45) is 3.58. The molecule has 0 spiro atoms. The van der Waals surface area contributed by atoms with Crippen molar-refractivity contribution in [2.45, 2.75) is 71.3 Å². The van der Waals surface area contributed by atoms with Crippen molar-refractivity contribution in [3.05, 3.63) is 70.5 Å².